The number of nitrogens with one attached hydrogen (secondary N) is 1. The molecule has 3 aromatic rings. The van der Waals surface area contributed by atoms with Crippen LogP contribution in [-0.4, -0.2) is 53.4 Å². The second-order valence-electron chi connectivity index (χ2n) is 7.32. The normalized spacial score (nSPS) is 15.6. The van der Waals surface area contributed by atoms with E-state index in [-0.39, 0.29) is 5.91 Å². The maximum atomic E-state index is 12.4. The van der Waals surface area contributed by atoms with E-state index in [1.807, 2.05) is 30.6 Å². The van der Waals surface area contributed by atoms with Crippen molar-refractivity contribution in [3.63, 3.8) is 0 Å². The standard InChI is InChI=1S/C23H26N4O/c28-23(25-16-21-6-3-5-20-4-1-2-7-22(20)21)18-27-14-12-26(13-15-27)17-19-8-10-24-11-9-19/h1-11H,12-18H2,(H,25,28). The molecule has 0 bridgehead atoms. The smallest absolute Gasteiger partial charge is 0.234 e. The van der Waals surface area contributed by atoms with Gasteiger partial charge in [0.1, 0.15) is 0 Å². The average Bonchev–Trinajstić information content (AvgIpc) is 2.74. The summed E-state index contributed by atoms with van der Waals surface area (Å²) in [5.41, 5.74) is 2.45. The lowest BCUT2D eigenvalue weighted by Crippen LogP contribution is -2.49. The summed E-state index contributed by atoms with van der Waals surface area (Å²) in [5.74, 6) is 0.0931. The average molecular weight is 374 g/mol. The molecule has 28 heavy (non-hydrogen) atoms. The molecule has 4 rings (SSSR count). The third kappa shape index (κ3) is 4.74. The molecule has 1 N–H and O–H groups in total. The first-order chi connectivity index (χ1) is 13.8. The van der Waals surface area contributed by atoms with Crippen molar-refractivity contribution < 1.29 is 4.79 Å². The number of fused-ring (bicyclic) bond motifs is 1. The van der Waals surface area contributed by atoms with E-state index in [2.05, 4.69) is 56.5 Å². The van der Waals surface area contributed by atoms with Crippen LogP contribution < -0.4 is 5.32 Å². The SMILES string of the molecule is O=C(CN1CCN(Cc2ccncc2)CC1)NCc1cccc2ccccc12. The van der Waals surface area contributed by atoms with Gasteiger partial charge < -0.3 is 5.32 Å². The minimum absolute atomic E-state index is 0.0931. The number of pyridine rings is 1. The Hall–Kier alpha value is -2.76. The van der Waals surface area contributed by atoms with Gasteiger partial charge in [-0.15, -0.1) is 0 Å². The zero-order valence-electron chi connectivity index (χ0n) is 16.1. The Balaban J connectivity index is 1.24. The van der Waals surface area contributed by atoms with Crippen molar-refractivity contribution in [2.75, 3.05) is 32.7 Å². The van der Waals surface area contributed by atoms with Crippen molar-refractivity contribution in [1.82, 2.24) is 20.1 Å². The second kappa shape index (κ2) is 8.95. The van der Waals surface area contributed by atoms with Crippen LogP contribution in [0.5, 0.6) is 0 Å². The van der Waals surface area contributed by atoms with E-state index in [1.165, 1.54) is 16.3 Å². The highest BCUT2D eigenvalue weighted by atomic mass is 16.2. The van der Waals surface area contributed by atoms with Gasteiger partial charge in [-0.3, -0.25) is 19.6 Å². The zero-order valence-corrected chi connectivity index (χ0v) is 16.1. The lowest BCUT2D eigenvalue weighted by molar-refractivity contribution is -0.122. The maximum absolute atomic E-state index is 12.4. The molecule has 5 heteroatoms. The van der Waals surface area contributed by atoms with Crippen molar-refractivity contribution in [2.24, 2.45) is 0 Å². The number of piperazine rings is 1. The molecule has 1 fully saturated rings. The molecule has 1 saturated heterocycles. The number of amides is 1. The minimum Gasteiger partial charge on any atom is -0.351 e. The van der Waals surface area contributed by atoms with Gasteiger partial charge in [-0.1, -0.05) is 42.5 Å². The number of benzene rings is 2. The summed E-state index contributed by atoms with van der Waals surface area (Å²) >= 11 is 0. The number of hydrogen-bond acceptors (Lipinski definition) is 4. The Morgan fingerprint density at radius 1 is 0.893 bits per heavy atom. The van der Waals surface area contributed by atoms with Crippen molar-refractivity contribution in [3.8, 4) is 0 Å². The zero-order chi connectivity index (χ0) is 19.2. The molecular formula is C23H26N4O. The van der Waals surface area contributed by atoms with Crippen LogP contribution in [0.3, 0.4) is 0 Å². The van der Waals surface area contributed by atoms with Crippen LogP contribution >= 0.6 is 0 Å². The van der Waals surface area contributed by atoms with Gasteiger partial charge in [-0.05, 0) is 34.0 Å². The molecule has 0 spiro atoms. The van der Waals surface area contributed by atoms with E-state index >= 15 is 0 Å². The molecule has 0 unspecified atom stereocenters. The van der Waals surface area contributed by atoms with Crippen molar-refractivity contribution in [2.45, 2.75) is 13.1 Å². The van der Waals surface area contributed by atoms with Gasteiger partial charge in [0, 0.05) is 51.7 Å². The van der Waals surface area contributed by atoms with Gasteiger partial charge in [0.25, 0.3) is 0 Å². The topological polar surface area (TPSA) is 48.5 Å². The van der Waals surface area contributed by atoms with Crippen LogP contribution in [0.15, 0.2) is 67.0 Å². The Morgan fingerprint density at radius 3 is 2.43 bits per heavy atom. The first kappa shape index (κ1) is 18.6. The molecule has 1 aliphatic heterocycles. The predicted octanol–water partition coefficient (Wildman–Crippen LogP) is 2.67. The first-order valence-electron chi connectivity index (χ1n) is 9.85. The third-order valence-electron chi connectivity index (χ3n) is 5.34. The summed E-state index contributed by atoms with van der Waals surface area (Å²) < 4.78 is 0. The number of carbonyl (C=O) groups is 1. The second-order valence-corrected chi connectivity index (χ2v) is 7.32. The summed E-state index contributed by atoms with van der Waals surface area (Å²) in [4.78, 5) is 21.2. The number of rotatable bonds is 6. The number of aromatic nitrogens is 1. The fraction of sp³-hybridized carbons (Fsp3) is 0.304. The Kier molecular flexibility index (Phi) is 5.95. The molecule has 0 radical (unpaired) electrons. The highest BCUT2D eigenvalue weighted by Gasteiger charge is 2.19. The largest absolute Gasteiger partial charge is 0.351 e. The Morgan fingerprint density at radius 2 is 1.61 bits per heavy atom. The third-order valence-corrected chi connectivity index (χ3v) is 5.34. The lowest BCUT2D eigenvalue weighted by atomic mass is 10.0. The van der Waals surface area contributed by atoms with E-state index in [0.29, 0.717) is 13.1 Å². The molecule has 1 aromatic heterocycles. The molecule has 1 amide bonds. The van der Waals surface area contributed by atoms with Gasteiger partial charge in [-0.25, -0.2) is 0 Å². The lowest BCUT2D eigenvalue weighted by Gasteiger charge is -2.34. The summed E-state index contributed by atoms with van der Waals surface area (Å²) in [6.07, 6.45) is 3.68. The van der Waals surface area contributed by atoms with Gasteiger partial charge in [0.05, 0.1) is 6.54 Å². The Labute approximate surface area is 166 Å². The fourth-order valence-electron chi connectivity index (χ4n) is 3.75. The molecule has 1 aliphatic rings. The minimum atomic E-state index is 0.0931. The van der Waals surface area contributed by atoms with Crippen molar-refractivity contribution in [3.05, 3.63) is 78.1 Å². The van der Waals surface area contributed by atoms with E-state index in [0.717, 1.165) is 38.3 Å². The molecule has 0 atom stereocenters. The number of hydrogen-bond donors (Lipinski definition) is 1. The molecule has 2 heterocycles. The van der Waals surface area contributed by atoms with Crippen molar-refractivity contribution in [1.29, 1.82) is 0 Å². The first-order valence-corrected chi connectivity index (χ1v) is 9.85. The molecule has 5 nitrogen and oxygen atoms in total. The van der Waals surface area contributed by atoms with Crippen LogP contribution in [0.2, 0.25) is 0 Å². The van der Waals surface area contributed by atoms with Crippen LogP contribution in [0.1, 0.15) is 11.1 Å². The molecular weight excluding hydrogens is 348 g/mol. The summed E-state index contributed by atoms with van der Waals surface area (Å²) in [6, 6.07) is 18.7. The summed E-state index contributed by atoms with van der Waals surface area (Å²) in [6.45, 7) is 5.80. The molecule has 2 aromatic carbocycles. The van der Waals surface area contributed by atoms with Crippen LogP contribution in [0.25, 0.3) is 10.8 Å². The monoisotopic (exact) mass is 374 g/mol. The van der Waals surface area contributed by atoms with E-state index < -0.39 is 0 Å². The maximum Gasteiger partial charge on any atom is 0.234 e. The number of nitrogens with zero attached hydrogens (tertiary/aromatic N) is 3. The summed E-state index contributed by atoms with van der Waals surface area (Å²) in [7, 11) is 0. The molecule has 144 valence electrons. The fourth-order valence-corrected chi connectivity index (χ4v) is 3.75. The highest BCUT2D eigenvalue weighted by molar-refractivity contribution is 5.86. The van der Waals surface area contributed by atoms with Crippen LogP contribution in [0, 0.1) is 0 Å². The predicted molar refractivity (Wildman–Crippen MR) is 112 cm³/mol. The van der Waals surface area contributed by atoms with Gasteiger partial charge in [0.15, 0.2) is 0 Å². The van der Waals surface area contributed by atoms with Gasteiger partial charge >= 0.3 is 0 Å². The van der Waals surface area contributed by atoms with Gasteiger partial charge in [0.2, 0.25) is 5.91 Å². The van der Waals surface area contributed by atoms with E-state index in [1.54, 1.807) is 0 Å². The van der Waals surface area contributed by atoms with Crippen molar-refractivity contribution >= 4 is 16.7 Å². The molecule has 0 aliphatic carbocycles. The quantitative estimate of drug-likeness (QED) is 0.721. The van der Waals surface area contributed by atoms with Crippen LogP contribution in [-0.2, 0) is 17.9 Å². The molecule has 0 saturated carbocycles. The Bertz CT molecular complexity index is 915. The van der Waals surface area contributed by atoms with E-state index in [9.17, 15) is 4.79 Å². The van der Waals surface area contributed by atoms with Gasteiger partial charge in [-0.2, -0.15) is 0 Å². The van der Waals surface area contributed by atoms with E-state index in [4.69, 9.17) is 0 Å². The number of carbonyl (C=O) groups excluding carboxylic acids is 1. The van der Waals surface area contributed by atoms with Crippen LogP contribution in [0.4, 0.5) is 0 Å². The summed E-state index contributed by atoms with van der Waals surface area (Å²) in [5, 5.41) is 5.50. The highest BCUT2D eigenvalue weighted by Crippen LogP contribution is 2.18.